The Morgan fingerprint density at radius 1 is 1.29 bits per heavy atom. The first-order valence-electron chi connectivity index (χ1n) is 8.23. The van der Waals surface area contributed by atoms with Gasteiger partial charge in [-0.3, -0.25) is 9.69 Å². The zero-order valence-corrected chi connectivity index (χ0v) is 13.6. The van der Waals surface area contributed by atoms with Crippen LogP contribution in [0.3, 0.4) is 0 Å². The van der Waals surface area contributed by atoms with E-state index in [0.717, 1.165) is 13.1 Å². The molecule has 0 aliphatic carbocycles. The lowest BCUT2D eigenvalue weighted by Crippen LogP contribution is -2.49. The van der Waals surface area contributed by atoms with E-state index in [1.165, 1.54) is 12.1 Å². The fraction of sp³-hybridized carbons (Fsp3) is 0.588. The van der Waals surface area contributed by atoms with Crippen LogP contribution in [-0.4, -0.2) is 79.0 Å². The number of para-hydroxylation sites is 1. The lowest BCUT2D eigenvalue weighted by Gasteiger charge is -2.33. The molecule has 0 radical (unpaired) electrons. The molecule has 6 nitrogen and oxygen atoms in total. The van der Waals surface area contributed by atoms with Crippen LogP contribution in [0.1, 0.15) is 6.42 Å². The average Bonchev–Trinajstić information content (AvgIpc) is 2.97. The van der Waals surface area contributed by atoms with Crippen LogP contribution in [0.25, 0.3) is 0 Å². The number of β-amino-alcohol motifs (C(OH)–C–C–N with tert-alkyl or cyclic N) is 1. The summed E-state index contributed by atoms with van der Waals surface area (Å²) in [5.41, 5.74) is -0.898. The Morgan fingerprint density at radius 2 is 2.04 bits per heavy atom. The molecule has 2 heterocycles. The van der Waals surface area contributed by atoms with Crippen LogP contribution in [-0.2, 0) is 9.53 Å². The van der Waals surface area contributed by atoms with Crippen LogP contribution >= 0.6 is 0 Å². The molecule has 3 rings (SSSR count). The predicted molar refractivity (Wildman–Crippen MR) is 85.3 cm³/mol. The lowest BCUT2D eigenvalue weighted by atomic mass is 10.0. The third-order valence-corrected chi connectivity index (χ3v) is 4.49. The maximum Gasteiger partial charge on any atom is 0.260 e. The first-order valence-corrected chi connectivity index (χ1v) is 8.23. The number of morpholine rings is 1. The highest BCUT2D eigenvalue weighted by molar-refractivity contribution is 5.78. The Morgan fingerprint density at radius 3 is 2.79 bits per heavy atom. The smallest absolute Gasteiger partial charge is 0.260 e. The summed E-state index contributed by atoms with van der Waals surface area (Å²) in [7, 11) is 0. The van der Waals surface area contributed by atoms with E-state index in [0.29, 0.717) is 32.7 Å². The topological polar surface area (TPSA) is 62.2 Å². The highest BCUT2D eigenvalue weighted by Crippen LogP contribution is 2.23. The number of halogens is 1. The molecule has 24 heavy (non-hydrogen) atoms. The van der Waals surface area contributed by atoms with Gasteiger partial charge in [0.2, 0.25) is 0 Å². The van der Waals surface area contributed by atoms with Gasteiger partial charge < -0.3 is 19.5 Å². The highest BCUT2D eigenvalue weighted by atomic mass is 19.1. The van der Waals surface area contributed by atoms with E-state index in [4.69, 9.17) is 9.47 Å². The fourth-order valence-corrected chi connectivity index (χ4v) is 3.17. The molecule has 1 N–H and O–H groups in total. The number of amides is 1. The van der Waals surface area contributed by atoms with Crippen molar-refractivity contribution in [2.24, 2.45) is 0 Å². The van der Waals surface area contributed by atoms with Crippen molar-refractivity contribution in [3.8, 4) is 5.75 Å². The number of ether oxygens (including phenoxy) is 2. The first kappa shape index (κ1) is 17.1. The molecule has 132 valence electrons. The number of rotatable bonds is 5. The quantitative estimate of drug-likeness (QED) is 0.847. The molecule has 0 saturated carbocycles. The van der Waals surface area contributed by atoms with E-state index in [1.807, 2.05) is 0 Å². The normalized spacial score (nSPS) is 25.0. The first-order chi connectivity index (χ1) is 11.6. The van der Waals surface area contributed by atoms with E-state index in [9.17, 15) is 14.3 Å². The maximum absolute atomic E-state index is 13.5. The van der Waals surface area contributed by atoms with Gasteiger partial charge in [-0.25, -0.2) is 4.39 Å². The van der Waals surface area contributed by atoms with Gasteiger partial charge in [-0.1, -0.05) is 12.1 Å². The maximum atomic E-state index is 13.5. The van der Waals surface area contributed by atoms with Gasteiger partial charge in [0.05, 0.1) is 25.4 Å². The second-order valence-electron chi connectivity index (χ2n) is 6.40. The number of benzene rings is 1. The molecule has 2 fully saturated rings. The summed E-state index contributed by atoms with van der Waals surface area (Å²) < 4.78 is 24.1. The van der Waals surface area contributed by atoms with Crippen molar-refractivity contribution >= 4 is 5.91 Å². The van der Waals surface area contributed by atoms with Crippen LogP contribution in [0.15, 0.2) is 24.3 Å². The van der Waals surface area contributed by atoms with Crippen molar-refractivity contribution < 1.29 is 23.8 Å². The number of carbonyl (C=O) groups is 1. The van der Waals surface area contributed by atoms with Crippen molar-refractivity contribution in [3.63, 3.8) is 0 Å². The Labute approximate surface area is 140 Å². The van der Waals surface area contributed by atoms with Crippen LogP contribution in [0.4, 0.5) is 4.39 Å². The third kappa shape index (κ3) is 4.23. The number of hydrogen-bond acceptors (Lipinski definition) is 5. The number of nitrogens with zero attached hydrogens (tertiary/aromatic N) is 2. The molecule has 2 saturated heterocycles. The summed E-state index contributed by atoms with van der Waals surface area (Å²) >= 11 is 0. The van der Waals surface area contributed by atoms with Crippen molar-refractivity contribution in [2.45, 2.75) is 12.0 Å². The summed E-state index contributed by atoms with van der Waals surface area (Å²) in [6.45, 7) is 4.02. The van der Waals surface area contributed by atoms with E-state index in [-0.39, 0.29) is 24.8 Å². The molecule has 1 atom stereocenters. The Hall–Kier alpha value is -1.70. The van der Waals surface area contributed by atoms with Crippen LogP contribution in [0.2, 0.25) is 0 Å². The second kappa shape index (κ2) is 7.46. The standard InChI is InChI=1S/C17H23FN2O4/c18-14-3-1-2-4-15(14)24-11-16(21)20-6-5-17(22,13-20)12-19-7-9-23-10-8-19/h1-4,22H,5-13H2/t17-/m0/s1. The molecule has 1 aromatic carbocycles. The van der Waals surface area contributed by atoms with Crippen molar-refractivity contribution in [2.75, 3.05) is 52.5 Å². The summed E-state index contributed by atoms with van der Waals surface area (Å²) in [4.78, 5) is 16.0. The zero-order chi connectivity index (χ0) is 17.0. The molecule has 7 heteroatoms. The van der Waals surface area contributed by atoms with Gasteiger partial charge in [0, 0.05) is 26.2 Å². The van der Waals surface area contributed by atoms with E-state index >= 15 is 0 Å². The van der Waals surface area contributed by atoms with Crippen molar-refractivity contribution in [3.05, 3.63) is 30.1 Å². The number of carbonyl (C=O) groups excluding carboxylic acids is 1. The van der Waals surface area contributed by atoms with E-state index in [2.05, 4.69) is 4.90 Å². The Bertz CT molecular complexity index is 579. The Balaban J connectivity index is 1.49. The Kier molecular flexibility index (Phi) is 5.33. The molecular weight excluding hydrogens is 315 g/mol. The summed E-state index contributed by atoms with van der Waals surface area (Å²) in [6, 6.07) is 5.99. The van der Waals surface area contributed by atoms with Gasteiger partial charge in [-0.15, -0.1) is 0 Å². The van der Waals surface area contributed by atoms with Gasteiger partial charge in [-0.2, -0.15) is 0 Å². The van der Waals surface area contributed by atoms with Crippen molar-refractivity contribution in [1.29, 1.82) is 0 Å². The van der Waals surface area contributed by atoms with Gasteiger partial charge in [-0.05, 0) is 18.6 Å². The number of aliphatic hydroxyl groups is 1. The highest BCUT2D eigenvalue weighted by Gasteiger charge is 2.39. The second-order valence-corrected chi connectivity index (χ2v) is 6.40. The van der Waals surface area contributed by atoms with Crippen LogP contribution in [0.5, 0.6) is 5.75 Å². The molecule has 0 unspecified atom stereocenters. The monoisotopic (exact) mass is 338 g/mol. The minimum absolute atomic E-state index is 0.0635. The van der Waals surface area contributed by atoms with E-state index < -0.39 is 11.4 Å². The fourth-order valence-electron chi connectivity index (χ4n) is 3.17. The average molecular weight is 338 g/mol. The van der Waals surface area contributed by atoms with Gasteiger partial charge in [0.15, 0.2) is 18.2 Å². The molecule has 2 aliphatic rings. The molecule has 2 aliphatic heterocycles. The SMILES string of the molecule is O=C(COc1ccccc1F)N1CC[C@](O)(CN2CCOCC2)C1. The summed E-state index contributed by atoms with van der Waals surface area (Å²) in [5.74, 6) is -0.666. The number of hydrogen-bond donors (Lipinski definition) is 1. The van der Waals surface area contributed by atoms with Crippen LogP contribution < -0.4 is 4.74 Å². The van der Waals surface area contributed by atoms with E-state index in [1.54, 1.807) is 17.0 Å². The molecule has 1 amide bonds. The van der Waals surface area contributed by atoms with Crippen molar-refractivity contribution in [1.82, 2.24) is 9.80 Å². The third-order valence-electron chi connectivity index (χ3n) is 4.49. The largest absolute Gasteiger partial charge is 0.481 e. The number of likely N-dealkylation sites (tertiary alicyclic amines) is 1. The van der Waals surface area contributed by atoms with Gasteiger partial charge in [0.1, 0.15) is 0 Å². The minimum atomic E-state index is -0.898. The zero-order valence-electron chi connectivity index (χ0n) is 13.6. The predicted octanol–water partition coefficient (Wildman–Crippen LogP) is 0.500. The lowest BCUT2D eigenvalue weighted by molar-refractivity contribution is -0.133. The molecular formula is C17H23FN2O4. The molecule has 1 aromatic rings. The molecule has 0 spiro atoms. The van der Waals surface area contributed by atoms with Crippen LogP contribution in [0, 0.1) is 5.82 Å². The minimum Gasteiger partial charge on any atom is -0.481 e. The molecule has 0 aromatic heterocycles. The molecule has 0 bridgehead atoms. The summed E-state index contributed by atoms with van der Waals surface area (Å²) in [6.07, 6.45) is 0.537. The van der Waals surface area contributed by atoms with Gasteiger partial charge in [0.25, 0.3) is 5.91 Å². The van der Waals surface area contributed by atoms with Gasteiger partial charge >= 0.3 is 0 Å². The summed E-state index contributed by atoms with van der Waals surface area (Å²) in [5, 5.41) is 10.7.